The third-order valence-corrected chi connectivity index (χ3v) is 8.01. The zero-order chi connectivity index (χ0) is 20.1. The third kappa shape index (κ3) is 5.50. The summed E-state index contributed by atoms with van der Waals surface area (Å²) < 4.78 is 52.2. The molecule has 0 saturated carbocycles. The molecule has 0 aliphatic carbocycles. The number of rotatable bonds is 8. The maximum Gasteiger partial charge on any atom is 0.240 e. The van der Waals surface area contributed by atoms with E-state index in [4.69, 9.17) is 0 Å². The Morgan fingerprint density at radius 1 is 1.22 bits per heavy atom. The van der Waals surface area contributed by atoms with Gasteiger partial charge in [-0.25, -0.2) is 21.6 Å². The van der Waals surface area contributed by atoms with Crippen LogP contribution in [0.3, 0.4) is 0 Å². The SMILES string of the molecule is CCCS(=O)(=O)N1CCCCC1C(=O)NCc1cccc(S(=O)(=O)NC)c1. The molecule has 1 amide bonds. The molecule has 1 aromatic rings. The minimum absolute atomic E-state index is 0.0285. The zero-order valence-corrected chi connectivity index (χ0v) is 17.3. The van der Waals surface area contributed by atoms with Gasteiger partial charge >= 0.3 is 0 Å². The number of amides is 1. The second-order valence-corrected chi connectivity index (χ2v) is 10.4. The number of nitrogens with zero attached hydrogens (tertiary/aromatic N) is 1. The van der Waals surface area contributed by atoms with Gasteiger partial charge in [0.15, 0.2) is 0 Å². The van der Waals surface area contributed by atoms with E-state index in [9.17, 15) is 21.6 Å². The van der Waals surface area contributed by atoms with Gasteiger partial charge in [-0.3, -0.25) is 4.79 Å². The maximum atomic E-state index is 12.6. The first-order valence-corrected chi connectivity index (χ1v) is 12.1. The van der Waals surface area contributed by atoms with Gasteiger partial charge in [-0.1, -0.05) is 25.5 Å². The summed E-state index contributed by atoms with van der Waals surface area (Å²) in [6, 6.07) is 5.56. The molecule has 0 bridgehead atoms. The standard InChI is InChI=1S/C17H27N3O5S2/c1-3-11-26(22,23)20-10-5-4-9-16(20)17(21)19-13-14-7-6-8-15(12-14)27(24,25)18-2/h6-8,12,16,18H,3-5,9-11,13H2,1-2H3,(H,19,21). The summed E-state index contributed by atoms with van der Waals surface area (Å²) in [6.45, 7) is 2.28. The Morgan fingerprint density at radius 3 is 2.63 bits per heavy atom. The Morgan fingerprint density at radius 2 is 1.96 bits per heavy atom. The summed E-state index contributed by atoms with van der Waals surface area (Å²) in [5, 5.41) is 2.75. The van der Waals surface area contributed by atoms with Crippen molar-refractivity contribution in [3.05, 3.63) is 29.8 Å². The second-order valence-electron chi connectivity index (χ2n) is 6.51. The summed E-state index contributed by atoms with van der Waals surface area (Å²) in [4.78, 5) is 12.7. The van der Waals surface area contributed by atoms with Crippen molar-refractivity contribution in [1.29, 1.82) is 0 Å². The largest absolute Gasteiger partial charge is 0.351 e. The monoisotopic (exact) mass is 417 g/mol. The number of sulfonamides is 2. The lowest BCUT2D eigenvalue weighted by Crippen LogP contribution is -2.52. The van der Waals surface area contributed by atoms with Gasteiger partial charge in [-0.05, 0) is 44.0 Å². The maximum absolute atomic E-state index is 12.6. The van der Waals surface area contributed by atoms with E-state index in [1.807, 2.05) is 0 Å². The summed E-state index contributed by atoms with van der Waals surface area (Å²) in [6.07, 6.45) is 2.53. The van der Waals surface area contributed by atoms with Crippen LogP contribution in [0.25, 0.3) is 0 Å². The second kappa shape index (κ2) is 9.13. The molecule has 1 atom stereocenters. The van der Waals surface area contributed by atoms with E-state index in [1.165, 1.54) is 23.5 Å². The molecule has 0 aromatic heterocycles. The highest BCUT2D eigenvalue weighted by Crippen LogP contribution is 2.21. The summed E-state index contributed by atoms with van der Waals surface area (Å²) in [5.74, 6) is -0.322. The highest BCUT2D eigenvalue weighted by atomic mass is 32.2. The van der Waals surface area contributed by atoms with Gasteiger partial charge in [0.05, 0.1) is 10.6 Å². The molecule has 152 valence electrons. The van der Waals surface area contributed by atoms with Crippen molar-refractivity contribution >= 4 is 26.0 Å². The van der Waals surface area contributed by atoms with E-state index in [1.54, 1.807) is 19.1 Å². The van der Waals surface area contributed by atoms with E-state index in [0.29, 0.717) is 24.9 Å². The van der Waals surface area contributed by atoms with Gasteiger partial charge in [0, 0.05) is 13.1 Å². The molecule has 1 saturated heterocycles. The molecule has 1 fully saturated rings. The van der Waals surface area contributed by atoms with Crippen LogP contribution in [-0.4, -0.2) is 52.4 Å². The van der Waals surface area contributed by atoms with Crippen LogP contribution in [0, 0.1) is 0 Å². The Labute approximate surface area is 161 Å². The molecule has 27 heavy (non-hydrogen) atoms. The van der Waals surface area contributed by atoms with E-state index >= 15 is 0 Å². The third-order valence-electron chi connectivity index (χ3n) is 4.52. The van der Waals surface area contributed by atoms with Crippen LogP contribution >= 0.6 is 0 Å². The molecule has 1 heterocycles. The summed E-state index contributed by atoms with van der Waals surface area (Å²) >= 11 is 0. The Bertz CT molecular complexity index is 868. The first kappa shape index (κ1) is 21.8. The predicted molar refractivity (Wildman–Crippen MR) is 103 cm³/mol. The Kier molecular flexibility index (Phi) is 7.38. The summed E-state index contributed by atoms with van der Waals surface area (Å²) in [5.41, 5.74) is 0.624. The number of piperidine rings is 1. The smallest absolute Gasteiger partial charge is 0.240 e. The number of hydrogen-bond donors (Lipinski definition) is 2. The van der Waals surface area contributed by atoms with Crippen molar-refractivity contribution in [3.63, 3.8) is 0 Å². The van der Waals surface area contributed by atoms with Crippen LogP contribution in [0.2, 0.25) is 0 Å². The van der Waals surface area contributed by atoms with Crippen LogP contribution in [-0.2, 0) is 31.4 Å². The molecule has 2 N–H and O–H groups in total. The number of carbonyl (C=O) groups is 1. The molecule has 0 radical (unpaired) electrons. The van der Waals surface area contributed by atoms with Gasteiger partial charge in [-0.2, -0.15) is 4.31 Å². The Balaban J connectivity index is 2.09. The lowest BCUT2D eigenvalue weighted by molar-refractivity contribution is -0.125. The highest BCUT2D eigenvalue weighted by Gasteiger charge is 2.35. The van der Waals surface area contributed by atoms with Crippen LogP contribution in [0.5, 0.6) is 0 Å². The minimum Gasteiger partial charge on any atom is -0.351 e. The summed E-state index contributed by atoms with van der Waals surface area (Å²) in [7, 11) is -5.69. The molecule has 1 unspecified atom stereocenters. The molecule has 10 heteroatoms. The van der Waals surface area contributed by atoms with Crippen molar-refractivity contribution in [2.24, 2.45) is 0 Å². The fourth-order valence-corrected chi connectivity index (χ4v) is 5.67. The van der Waals surface area contributed by atoms with Gasteiger partial charge in [0.1, 0.15) is 6.04 Å². The molecule has 2 rings (SSSR count). The van der Waals surface area contributed by atoms with Gasteiger partial charge < -0.3 is 5.32 Å². The van der Waals surface area contributed by atoms with Crippen molar-refractivity contribution < 1.29 is 21.6 Å². The van der Waals surface area contributed by atoms with Crippen LogP contribution in [0.15, 0.2) is 29.2 Å². The molecule has 0 spiro atoms. The number of carbonyl (C=O) groups excluding carboxylic acids is 1. The Hall–Kier alpha value is -1.49. The van der Waals surface area contributed by atoms with Gasteiger partial charge in [0.25, 0.3) is 0 Å². The van der Waals surface area contributed by atoms with Crippen molar-refractivity contribution in [1.82, 2.24) is 14.3 Å². The average molecular weight is 418 g/mol. The van der Waals surface area contributed by atoms with Crippen molar-refractivity contribution in [2.75, 3.05) is 19.3 Å². The number of nitrogens with one attached hydrogen (secondary N) is 2. The van der Waals surface area contributed by atoms with E-state index < -0.39 is 26.1 Å². The van der Waals surface area contributed by atoms with E-state index in [2.05, 4.69) is 10.0 Å². The molecule has 1 aromatic carbocycles. The highest BCUT2D eigenvalue weighted by molar-refractivity contribution is 7.89. The van der Waals surface area contributed by atoms with Crippen molar-refractivity contribution in [2.45, 2.75) is 50.1 Å². The predicted octanol–water partition coefficient (Wildman–Crippen LogP) is 0.805. The molecule has 1 aliphatic rings. The molecular weight excluding hydrogens is 390 g/mol. The van der Waals surface area contributed by atoms with Crippen LogP contribution in [0.1, 0.15) is 38.2 Å². The number of benzene rings is 1. The van der Waals surface area contributed by atoms with Crippen LogP contribution in [0.4, 0.5) is 0 Å². The fourth-order valence-electron chi connectivity index (χ4n) is 3.12. The average Bonchev–Trinajstić information content (AvgIpc) is 2.66. The normalized spacial score (nSPS) is 19.0. The molecule has 1 aliphatic heterocycles. The van der Waals surface area contributed by atoms with Crippen molar-refractivity contribution in [3.8, 4) is 0 Å². The molecular formula is C17H27N3O5S2. The number of hydrogen-bond acceptors (Lipinski definition) is 5. The topological polar surface area (TPSA) is 113 Å². The first-order chi connectivity index (χ1) is 12.7. The van der Waals surface area contributed by atoms with E-state index in [0.717, 1.165) is 12.8 Å². The zero-order valence-electron chi connectivity index (χ0n) is 15.6. The van der Waals surface area contributed by atoms with Crippen LogP contribution < -0.4 is 10.0 Å². The van der Waals surface area contributed by atoms with Gasteiger partial charge in [0.2, 0.25) is 26.0 Å². The first-order valence-electron chi connectivity index (χ1n) is 9.01. The lowest BCUT2D eigenvalue weighted by Gasteiger charge is -2.33. The van der Waals surface area contributed by atoms with E-state index in [-0.39, 0.29) is 23.1 Å². The van der Waals surface area contributed by atoms with Gasteiger partial charge in [-0.15, -0.1) is 0 Å². The minimum atomic E-state index is -3.56. The lowest BCUT2D eigenvalue weighted by atomic mass is 10.0. The fraction of sp³-hybridized carbons (Fsp3) is 0.588. The molecule has 8 nitrogen and oxygen atoms in total. The quantitative estimate of drug-likeness (QED) is 0.650.